The summed E-state index contributed by atoms with van der Waals surface area (Å²) in [5.74, 6) is 0. The van der Waals surface area contributed by atoms with Crippen LogP contribution in [0.4, 0.5) is 5.69 Å². The van der Waals surface area contributed by atoms with Crippen molar-refractivity contribution in [3.8, 4) is 0 Å². The van der Waals surface area contributed by atoms with Crippen LogP contribution in [0, 0.1) is 0 Å². The van der Waals surface area contributed by atoms with E-state index in [-0.39, 0.29) is 5.54 Å². The van der Waals surface area contributed by atoms with Gasteiger partial charge < -0.3 is 5.32 Å². The molecule has 2 rings (SSSR count). The largest absolute Gasteiger partial charge is 0.380 e. The molecule has 0 unspecified atom stereocenters. The Kier molecular flexibility index (Phi) is 1.99. The van der Waals surface area contributed by atoms with E-state index in [0.717, 1.165) is 17.9 Å². The molecule has 1 nitrogen and oxygen atoms in total. The fourth-order valence-electron chi connectivity index (χ4n) is 1.79. The zero-order chi connectivity index (χ0) is 9.47. The molecule has 0 spiro atoms. The number of hydrogen-bond acceptors (Lipinski definition) is 1. The van der Waals surface area contributed by atoms with Crippen LogP contribution in [-0.4, -0.2) is 5.54 Å². The van der Waals surface area contributed by atoms with E-state index in [4.69, 9.17) is 11.6 Å². The van der Waals surface area contributed by atoms with Gasteiger partial charge in [-0.25, -0.2) is 0 Å². The van der Waals surface area contributed by atoms with Crippen LogP contribution in [0.1, 0.15) is 25.8 Å². The maximum atomic E-state index is 6.10. The Morgan fingerprint density at radius 2 is 2.15 bits per heavy atom. The molecule has 0 fully saturated rings. The molecule has 0 atom stereocenters. The molecule has 0 amide bonds. The Hall–Kier alpha value is -0.690. The zero-order valence-electron chi connectivity index (χ0n) is 8.02. The highest BCUT2D eigenvalue weighted by Crippen LogP contribution is 2.34. The molecule has 0 aromatic heterocycles. The summed E-state index contributed by atoms with van der Waals surface area (Å²) in [5.41, 5.74) is 2.67. The highest BCUT2D eigenvalue weighted by atomic mass is 35.5. The van der Waals surface area contributed by atoms with Crippen LogP contribution in [0.3, 0.4) is 0 Å². The summed E-state index contributed by atoms with van der Waals surface area (Å²) in [5, 5.41) is 4.38. The molecule has 70 valence electrons. The van der Waals surface area contributed by atoms with Gasteiger partial charge >= 0.3 is 0 Å². The van der Waals surface area contributed by atoms with Gasteiger partial charge in [0, 0.05) is 16.2 Å². The van der Waals surface area contributed by atoms with Crippen molar-refractivity contribution in [3.05, 3.63) is 28.8 Å². The number of benzene rings is 1. The van der Waals surface area contributed by atoms with Gasteiger partial charge in [-0.2, -0.15) is 0 Å². The van der Waals surface area contributed by atoms with Crippen molar-refractivity contribution in [2.45, 2.75) is 32.2 Å². The van der Waals surface area contributed by atoms with Crippen molar-refractivity contribution < 1.29 is 0 Å². The van der Waals surface area contributed by atoms with Gasteiger partial charge in [0.25, 0.3) is 0 Å². The third kappa shape index (κ3) is 1.66. The van der Waals surface area contributed by atoms with Gasteiger partial charge in [-0.15, -0.1) is 0 Å². The van der Waals surface area contributed by atoms with Gasteiger partial charge in [-0.05, 0) is 44.4 Å². The normalized spacial score (nSPS) is 19.0. The molecule has 13 heavy (non-hydrogen) atoms. The second-order valence-corrected chi connectivity index (χ2v) is 4.68. The first-order valence-corrected chi connectivity index (χ1v) is 5.02. The lowest BCUT2D eigenvalue weighted by molar-refractivity contribution is 0.502. The van der Waals surface area contributed by atoms with Crippen molar-refractivity contribution in [1.82, 2.24) is 0 Å². The van der Waals surface area contributed by atoms with Crippen molar-refractivity contribution in [2.24, 2.45) is 0 Å². The van der Waals surface area contributed by atoms with Crippen LogP contribution in [0.5, 0.6) is 0 Å². The van der Waals surface area contributed by atoms with Crippen molar-refractivity contribution in [2.75, 3.05) is 5.32 Å². The van der Waals surface area contributed by atoms with Crippen LogP contribution < -0.4 is 5.32 Å². The molecule has 1 aliphatic rings. The SMILES string of the molecule is CC1(C)CCc2c(Cl)cccc2N1. The maximum absolute atomic E-state index is 6.10. The molecule has 1 aromatic rings. The molecule has 0 aliphatic carbocycles. The lowest BCUT2D eigenvalue weighted by Gasteiger charge is -2.34. The van der Waals surface area contributed by atoms with Gasteiger partial charge in [0.05, 0.1) is 0 Å². The first-order chi connectivity index (χ1) is 6.08. The molecule has 1 aliphatic heterocycles. The Labute approximate surface area is 84.1 Å². The minimum Gasteiger partial charge on any atom is -0.380 e. The predicted molar refractivity (Wildman–Crippen MR) is 57.5 cm³/mol. The first kappa shape index (κ1) is 8.89. The highest BCUT2D eigenvalue weighted by Gasteiger charge is 2.24. The third-order valence-electron chi connectivity index (χ3n) is 2.59. The molecule has 0 bridgehead atoms. The Morgan fingerprint density at radius 1 is 1.38 bits per heavy atom. The lowest BCUT2D eigenvalue weighted by atomic mass is 9.89. The average molecular weight is 196 g/mol. The van der Waals surface area contributed by atoms with E-state index in [0.29, 0.717) is 0 Å². The minimum absolute atomic E-state index is 0.206. The van der Waals surface area contributed by atoms with Crippen molar-refractivity contribution in [3.63, 3.8) is 0 Å². The molecule has 1 aromatic carbocycles. The van der Waals surface area contributed by atoms with Gasteiger partial charge in [-0.3, -0.25) is 0 Å². The van der Waals surface area contributed by atoms with E-state index in [1.54, 1.807) is 0 Å². The maximum Gasteiger partial charge on any atom is 0.0458 e. The van der Waals surface area contributed by atoms with Gasteiger partial charge in [0.15, 0.2) is 0 Å². The number of hydrogen-bond donors (Lipinski definition) is 1. The second-order valence-electron chi connectivity index (χ2n) is 4.27. The fraction of sp³-hybridized carbons (Fsp3) is 0.455. The van der Waals surface area contributed by atoms with E-state index >= 15 is 0 Å². The summed E-state index contributed by atoms with van der Waals surface area (Å²) in [6, 6.07) is 6.05. The van der Waals surface area contributed by atoms with Crippen LogP contribution in [-0.2, 0) is 6.42 Å². The average Bonchev–Trinajstić information content (AvgIpc) is 2.02. The first-order valence-electron chi connectivity index (χ1n) is 4.64. The topological polar surface area (TPSA) is 12.0 Å². The number of anilines is 1. The van der Waals surface area contributed by atoms with Gasteiger partial charge in [0.1, 0.15) is 0 Å². The Morgan fingerprint density at radius 3 is 2.92 bits per heavy atom. The van der Waals surface area contributed by atoms with Crippen molar-refractivity contribution in [1.29, 1.82) is 0 Å². The van der Waals surface area contributed by atoms with E-state index in [1.165, 1.54) is 11.3 Å². The molecular formula is C11H14ClN. The zero-order valence-corrected chi connectivity index (χ0v) is 8.78. The fourth-order valence-corrected chi connectivity index (χ4v) is 2.06. The molecule has 0 radical (unpaired) electrons. The summed E-state index contributed by atoms with van der Waals surface area (Å²) in [4.78, 5) is 0. The number of halogens is 1. The molecule has 0 saturated carbocycles. The summed E-state index contributed by atoms with van der Waals surface area (Å²) in [6.45, 7) is 4.44. The van der Waals surface area contributed by atoms with Gasteiger partial charge in [0.2, 0.25) is 0 Å². The number of fused-ring (bicyclic) bond motifs is 1. The minimum atomic E-state index is 0.206. The van der Waals surface area contributed by atoms with Crippen LogP contribution in [0.25, 0.3) is 0 Å². The predicted octanol–water partition coefficient (Wildman–Crippen LogP) is 3.48. The third-order valence-corrected chi connectivity index (χ3v) is 2.95. The highest BCUT2D eigenvalue weighted by molar-refractivity contribution is 6.31. The monoisotopic (exact) mass is 195 g/mol. The Bertz CT molecular complexity index is 331. The molecule has 1 heterocycles. The lowest BCUT2D eigenvalue weighted by Crippen LogP contribution is -2.35. The molecule has 1 N–H and O–H groups in total. The molecular weight excluding hydrogens is 182 g/mol. The van der Waals surface area contributed by atoms with E-state index < -0.39 is 0 Å². The van der Waals surface area contributed by atoms with E-state index in [1.807, 2.05) is 12.1 Å². The van der Waals surface area contributed by atoms with Crippen LogP contribution in [0.2, 0.25) is 5.02 Å². The van der Waals surface area contributed by atoms with Crippen molar-refractivity contribution >= 4 is 17.3 Å². The standard InChI is InChI=1S/C11H14ClN/c1-11(2)7-6-8-9(12)4-3-5-10(8)13-11/h3-5,13H,6-7H2,1-2H3. The summed E-state index contributed by atoms with van der Waals surface area (Å²) in [6.07, 6.45) is 2.22. The Balaban J connectivity index is 2.42. The summed E-state index contributed by atoms with van der Waals surface area (Å²) < 4.78 is 0. The number of rotatable bonds is 0. The molecule has 0 saturated heterocycles. The second kappa shape index (κ2) is 2.91. The number of nitrogens with one attached hydrogen (secondary N) is 1. The summed E-state index contributed by atoms with van der Waals surface area (Å²) >= 11 is 6.10. The van der Waals surface area contributed by atoms with Crippen LogP contribution >= 0.6 is 11.6 Å². The van der Waals surface area contributed by atoms with E-state index in [9.17, 15) is 0 Å². The summed E-state index contributed by atoms with van der Waals surface area (Å²) in [7, 11) is 0. The van der Waals surface area contributed by atoms with E-state index in [2.05, 4.69) is 25.2 Å². The smallest absolute Gasteiger partial charge is 0.0458 e. The van der Waals surface area contributed by atoms with Gasteiger partial charge in [-0.1, -0.05) is 17.7 Å². The molecule has 2 heteroatoms. The van der Waals surface area contributed by atoms with Crippen LogP contribution in [0.15, 0.2) is 18.2 Å². The quantitative estimate of drug-likeness (QED) is 0.669.